The van der Waals surface area contributed by atoms with Crippen molar-refractivity contribution in [2.45, 2.75) is 31.3 Å². The highest BCUT2D eigenvalue weighted by Gasteiger charge is 2.40. The van der Waals surface area contributed by atoms with E-state index in [9.17, 15) is 9.59 Å². The van der Waals surface area contributed by atoms with E-state index in [2.05, 4.69) is 15.2 Å². The van der Waals surface area contributed by atoms with Crippen LogP contribution in [0.4, 0.5) is 0 Å². The normalized spacial score (nSPS) is 21.3. The van der Waals surface area contributed by atoms with Crippen LogP contribution in [0.5, 0.6) is 11.5 Å². The topological polar surface area (TPSA) is 94.9 Å². The van der Waals surface area contributed by atoms with Crippen LogP contribution in [-0.2, 0) is 16.1 Å². The minimum Gasteiger partial charge on any atom is -0.493 e. The fourth-order valence-corrected chi connectivity index (χ4v) is 6.02. The second-order valence-electron chi connectivity index (χ2n) is 8.47. The average molecular weight is 477 g/mol. The zero-order valence-electron chi connectivity index (χ0n) is 19.3. The average Bonchev–Trinajstić information content (AvgIpc) is 3.34. The Kier molecular flexibility index (Phi) is 7.77. The monoisotopic (exact) mass is 476 g/mol. The fourth-order valence-electron chi connectivity index (χ4n) is 4.54. The number of nitrogens with one attached hydrogen (secondary N) is 1. The van der Waals surface area contributed by atoms with Crippen LogP contribution in [0.1, 0.15) is 19.3 Å². The van der Waals surface area contributed by atoms with Gasteiger partial charge in [-0.05, 0) is 24.7 Å². The lowest BCUT2D eigenvalue weighted by Gasteiger charge is -2.43. The summed E-state index contributed by atoms with van der Waals surface area (Å²) in [7, 11) is 3.08. The minimum atomic E-state index is -0.157. The molecule has 3 heterocycles. The Morgan fingerprint density at radius 1 is 1.24 bits per heavy atom. The molecular formula is C23H32N4O5S. The Bertz CT molecular complexity index is 1030. The third-order valence-electron chi connectivity index (χ3n) is 6.51. The molecule has 0 bridgehead atoms. The molecule has 9 nitrogen and oxygen atoms in total. The van der Waals surface area contributed by atoms with Gasteiger partial charge >= 0.3 is 0 Å². The van der Waals surface area contributed by atoms with Gasteiger partial charge in [0.2, 0.25) is 5.91 Å². The molecule has 2 saturated heterocycles. The van der Waals surface area contributed by atoms with Crippen molar-refractivity contribution in [2.75, 3.05) is 58.6 Å². The van der Waals surface area contributed by atoms with Crippen molar-refractivity contribution in [3.63, 3.8) is 0 Å². The van der Waals surface area contributed by atoms with Gasteiger partial charge in [-0.2, -0.15) is 11.8 Å². The largest absolute Gasteiger partial charge is 0.493 e. The van der Waals surface area contributed by atoms with Gasteiger partial charge in [-0.1, -0.05) is 0 Å². The summed E-state index contributed by atoms with van der Waals surface area (Å²) in [5, 5.41) is 3.62. The lowest BCUT2D eigenvalue weighted by molar-refractivity contribution is -0.122. The summed E-state index contributed by atoms with van der Waals surface area (Å²) in [6.07, 6.45) is 3.54. The van der Waals surface area contributed by atoms with Crippen molar-refractivity contribution in [2.24, 2.45) is 0 Å². The number of carbonyl (C=O) groups excluding carboxylic acids is 1. The number of aromatic nitrogens is 2. The predicted molar refractivity (Wildman–Crippen MR) is 128 cm³/mol. The Hall–Kier alpha value is -2.30. The smallest absolute Gasteiger partial charge is 0.261 e. The SMILES string of the molecule is COc1cc2ncn(CCCC(=O)NCC3(N4CCOCC4)CCSC3)c(=O)c2cc1OC. The fraction of sp³-hybridized carbons (Fsp3) is 0.609. The lowest BCUT2D eigenvalue weighted by atomic mass is 9.95. The van der Waals surface area contributed by atoms with Gasteiger partial charge in [0.05, 0.1) is 44.7 Å². The summed E-state index contributed by atoms with van der Waals surface area (Å²) in [5.74, 6) is 3.21. The second-order valence-corrected chi connectivity index (χ2v) is 9.58. The number of amides is 1. The van der Waals surface area contributed by atoms with Crippen molar-refractivity contribution >= 4 is 28.6 Å². The molecule has 0 aliphatic carbocycles. The van der Waals surface area contributed by atoms with E-state index in [0.717, 1.165) is 44.2 Å². The molecule has 10 heteroatoms. The molecule has 1 atom stereocenters. The van der Waals surface area contributed by atoms with Crippen molar-refractivity contribution in [3.8, 4) is 11.5 Å². The standard InChI is InChI=1S/C23H32N4O5S/c1-30-19-12-17-18(13-20(19)31-2)25-16-26(22(17)29)6-3-4-21(28)24-14-23(5-11-33-15-23)27-7-9-32-10-8-27/h12-13,16H,3-11,14-15H2,1-2H3,(H,24,28). The summed E-state index contributed by atoms with van der Waals surface area (Å²) < 4.78 is 17.6. The number of hydrogen-bond acceptors (Lipinski definition) is 8. The highest BCUT2D eigenvalue weighted by Crippen LogP contribution is 2.33. The van der Waals surface area contributed by atoms with Crippen molar-refractivity contribution < 1.29 is 19.0 Å². The molecule has 2 aliphatic rings. The number of morpholine rings is 1. The number of carbonyl (C=O) groups is 1. The number of rotatable bonds is 9. The number of thioether (sulfide) groups is 1. The maximum Gasteiger partial charge on any atom is 0.261 e. The van der Waals surface area contributed by atoms with E-state index in [-0.39, 0.29) is 17.0 Å². The van der Waals surface area contributed by atoms with Gasteiger partial charge in [-0.3, -0.25) is 19.1 Å². The first-order chi connectivity index (χ1) is 16.1. The molecule has 180 valence electrons. The zero-order valence-corrected chi connectivity index (χ0v) is 20.1. The molecule has 2 aromatic rings. The molecule has 1 unspecified atom stereocenters. The first kappa shape index (κ1) is 23.8. The number of nitrogens with zero attached hydrogens (tertiary/aromatic N) is 3. The summed E-state index contributed by atoms with van der Waals surface area (Å²) in [6.45, 7) is 4.45. The Morgan fingerprint density at radius 2 is 2.00 bits per heavy atom. The maximum atomic E-state index is 12.9. The van der Waals surface area contributed by atoms with Crippen molar-refractivity contribution in [3.05, 3.63) is 28.8 Å². The summed E-state index contributed by atoms with van der Waals surface area (Å²) in [6, 6.07) is 3.34. The van der Waals surface area contributed by atoms with E-state index in [1.165, 1.54) is 13.4 Å². The summed E-state index contributed by atoms with van der Waals surface area (Å²) >= 11 is 1.95. The minimum absolute atomic E-state index is 0.0211. The van der Waals surface area contributed by atoms with Gasteiger partial charge < -0.3 is 19.5 Å². The van der Waals surface area contributed by atoms with E-state index in [4.69, 9.17) is 14.2 Å². The molecule has 2 aliphatic heterocycles. The molecule has 2 fully saturated rings. The van der Waals surface area contributed by atoms with Gasteiger partial charge in [0.25, 0.3) is 5.56 Å². The number of methoxy groups -OCH3 is 2. The van der Waals surface area contributed by atoms with Crippen LogP contribution in [0.25, 0.3) is 10.9 Å². The Labute approximate surface area is 197 Å². The molecule has 1 amide bonds. The number of hydrogen-bond donors (Lipinski definition) is 1. The van der Waals surface area contributed by atoms with Crippen LogP contribution in [-0.4, -0.2) is 84.5 Å². The molecule has 33 heavy (non-hydrogen) atoms. The number of ether oxygens (including phenoxy) is 3. The van der Waals surface area contributed by atoms with E-state index in [0.29, 0.717) is 48.3 Å². The Morgan fingerprint density at radius 3 is 2.70 bits per heavy atom. The maximum absolute atomic E-state index is 12.9. The number of fused-ring (bicyclic) bond motifs is 1. The summed E-state index contributed by atoms with van der Waals surface area (Å²) in [4.78, 5) is 32.3. The van der Waals surface area contributed by atoms with Gasteiger partial charge in [0, 0.05) is 50.0 Å². The van der Waals surface area contributed by atoms with Crippen molar-refractivity contribution in [1.29, 1.82) is 0 Å². The van der Waals surface area contributed by atoms with Crippen LogP contribution in [0.3, 0.4) is 0 Å². The first-order valence-electron chi connectivity index (χ1n) is 11.3. The van der Waals surface area contributed by atoms with Crippen molar-refractivity contribution in [1.82, 2.24) is 19.8 Å². The van der Waals surface area contributed by atoms with Gasteiger partial charge in [0.1, 0.15) is 0 Å². The van der Waals surface area contributed by atoms with Crippen LogP contribution in [0.15, 0.2) is 23.3 Å². The molecule has 0 spiro atoms. The van der Waals surface area contributed by atoms with E-state index in [1.54, 1.807) is 23.8 Å². The first-order valence-corrected chi connectivity index (χ1v) is 12.5. The highest BCUT2D eigenvalue weighted by molar-refractivity contribution is 7.99. The quantitative estimate of drug-likeness (QED) is 0.582. The summed E-state index contributed by atoms with van der Waals surface area (Å²) in [5.41, 5.74) is 0.425. The highest BCUT2D eigenvalue weighted by atomic mass is 32.2. The van der Waals surface area contributed by atoms with Gasteiger partial charge in [0.15, 0.2) is 11.5 Å². The third-order valence-corrected chi connectivity index (χ3v) is 7.75. The van der Waals surface area contributed by atoms with Crippen LogP contribution >= 0.6 is 11.8 Å². The van der Waals surface area contributed by atoms with Crippen LogP contribution < -0.4 is 20.3 Å². The second kappa shape index (κ2) is 10.8. The van der Waals surface area contributed by atoms with Crippen LogP contribution in [0.2, 0.25) is 0 Å². The number of benzene rings is 1. The van der Waals surface area contributed by atoms with E-state index >= 15 is 0 Å². The molecule has 0 radical (unpaired) electrons. The van der Waals surface area contributed by atoms with Gasteiger partial charge in [-0.25, -0.2) is 4.98 Å². The predicted octanol–water partition coefficient (Wildman–Crippen LogP) is 1.52. The van der Waals surface area contributed by atoms with Gasteiger partial charge in [-0.15, -0.1) is 0 Å². The Balaban J connectivity index is 1.33. The molecule has 4 rings (SSSR count). The number of aryl methyl sites for hydroxylation is 1. The van der Waals surface area contributed by atoms with Crippen LogP contribution in [0, 0.1) is 0 Å². The molecule has 1 aromatic heterocycles. The van der Waals surface area contributed by atoms with E-state index < -0.39 is 0 Å². The van der Waals surface area contributed by atoms with E-state index in [1.807, 2.05) is 11.8 Å². The molecule has 0 saturated carbocycles. The molecular weight excluding hydrogens is 444 g/mol. The third kappa shape index (κ3) is 5.28. The zero-order chi connectivity index (χ0) is 23.3. The molecule has 1 aromatic carbocycles. The lowest BCUT2D eigenvalue weighted by Crippen LogP contribution is -2.59. The molecule has 1 N–H and O–H groups in total.